The van der Waals surface area contributed by atoms with E-state index in [1.165, 1.54) is 0 Å². The number of nitrogens with one attached hydrogen (secondary N) is 1. The number of carbonyl (C=O) groups is 2. The fourth-order valence-electron chi connectivity index (χ4n) is 4.59. The molecule has 0 spiro atoms. The van der Waals surface area contributed by atoms with E-state index in [0.29, 0.717) is 61.8 Å². The molecule has 0 saturated carbocycles. The number of hydrogen-bond donors (Lipinski definition) is 1. The van der Waals surface area contributed by atoms with E-state index in [1.54, 1.807) is 31.4 Å². The van der Waals surface area contributed by atoms with E-state index in [0.717, 1.165) is 57.4 Å². The van der Waals surface area contributed by atoms with Crippen LogP contribution in [0.3, 0.4) is 0 Å². The quantitative estimate of drug-likeness (QED) is 0.129. The summed E-state index contributed by atoms with van der Waals surface area (Å²) in [5, 5.41) is 3.11. The second-order valence-corrected chi connectivity index (χ2v) is 10.2. The molecule has 1 heterocycles. The highest BCUT2D eigenvalue weighted by Gasteiger charge is 2.20. The number of fused-ring (bicyclic) bond motifs is 1. The van der Waals surface area contributed by atoms with Crippen LogP contribution in [0.4, 0.5) is 0 Å². The maximum atomic E-state index is 12.9. The topological polar surface area (TPSA) is 86.3 Å². The maximum Gasteiger partial charge on any atom is 0.222 e. The Morgan fingerprint density at radius 1 is 0.850 bits per heavy atom. The summed E-state index contributed by atoms with van der Waals surface area (Å²) >= 11 is 0. The Kier molecular flexibility index (Phi) is 13.6. The number of unbranched alkanes of at least 4 members (excludes halogenated alkanes) is 4. The monoisotopic (exact) mass is 554 g/mol. The van der Waals surface area contributed by atoms with Crippen LogP contribution in [0.1, 0.15) is 82.0 Å². The van der Waals surface area contributed by atoms with Crippen molar-refractivity contribution >= 4 is 11.7 Å². The van der Waals surface area contributed by atoms with Crippen molar-refractivity contribution in [3.8, 4) is 23.0 Å². The molecule has 1 N–H and O–H groups in total. The Labute approximate surface area is 239 Å². The minimum atomic E-state index is -0.486. The summed E-state index contributed by atoms with van der Waals surface area (Å²) in [5.41, 5.74) is 0.688. The predicted molar refractivity (Wildman–Crippen MR) is 157 cm³/mol. The summed E-state index contributed by atoms with van der Waals surface area (Å²) in [5.74, 6) is 2.80. The van der Waals surface area contributed by atoms with Gasteiger partial charge in [0.2, 0.25) is 5.91 Å². The molecule has 0 saturated heterocycles. The van der Waals surface area contributed by atoms with Crippen LogP contribution in [0.5, 0.6) is 23.0 Å². The van der Waals surface area contributed by atoms with Crippen molar-refractivity contribution in [2.75, 3.05) is 40.0 Å². The smallest absolute Gasteiger partial charge is 0.222 e. The summed E-state index contributed by atoms with van der Waals surface area (Å²) in [6, 6.07) is 12.7. The molecule has 1 aliphatic rings. The fraction of sp³-hybridized carbons (Fsp3) is 0.562. The number of Topliss-reactive ketones (excluding diaryl/α,β-unsaturated/α-hetero) is 1. The average molecular weight is 555 g/mol. The van der Waals surface area contributed by atoms with Crippen molar-refractivity contribution < 1.29 is 28.5 Å². The van der Waals surface area contributed by atoms with Gasteiger partial charge < -0.3 is 24.3 Å². The third-order valence-corrected chi connectivity index (χ3v) is 6.91. The summed E-state index contributed by atoms with van der Waals surface area (Å²) < 4.78 is 22.8. The first-order valence-corrected chi connectivity index (χ1v) is 14.8. The minimum Gasteiger partial charge on any atom is -0.497 e. The van der Waals surface area contributed by atoms with Crippen molar-refractivity contribution in [1.29, 1.82) is 0 Å². The Bertz CT molecular complexity index is 1030. The molecular weight excluding hydrogens is 508 g/mol. The van der Waals surface area contributed by atoms with Crippen LogP contribution in [0.2, 0.25) is 0 Å². The third-order valence-electron chi connectivity index (χ3n) is 6.91. The first-order valence-electron chi connectivity index (χ1n) is 14.8. The molecule has 1 aliphatic heterocycles. The van der Waals surface area contributed by atoms with Gasteiger partial charge in [-0.05, 0) is 75.2 Å². The number of carbonyl (C=O) groups excluding carboxylic acids is 2. The largest absolute Gasteiger partial charge is 0.497 e. The first kappa shape index (κ1) is 31.3. The van der Waals surface area contributed by atoms with Crippen molar-refractivity contribution in [2.45, 2.75) is 77.9 Å². The molecule has 0 fully saturated rings. The molecule has 8 heteroatoms. The van der Waals surface area contributed by atoms with Gasteiger partial charge in [-0.1, -0.05) is 33.1 Å². The average Bonchev–Trinajstić information content (AvgIpc) is 2.98. The molecule has 8 nitrogen and oxygen atoms in total. The SMILES string of the molecule is CCCCN(CCCC)C[C@@H](NC(=O)CCCCCC(=O)c1ccc(OC)cc1)Oc1ccc2c(c1)OCCO2. The Hall–Kier alpha value is -3.26. The molecule has 1 atom stereocenters. The summed E-state index contributed by atoms with van der Waals surface area (Å²) in [4.78, 5) is 27.8. The highest BCUT2D eigenvalue weighted by molar-refractivity contribution is 5.96. The molecular formula is C32H46N2O6. The van der Waals surface area contributed by atoms with Gasteiger partial charge in [-0.15, -0.1) is 0 Å². The number of ether oxygens (including phenoxy) is 4. The van der Waals surface area contributed by atoms with Crippen molar-refractivity contribution in [3.63, 3.8) is 0 Å². The Morgan fingerprint density at radius 2 is 1.50 bits per heavy atom. The zero-order valence-corrected chi connectivity index (χ0v) is 24.4. The van der Waals surface area contributed by atoms with Crippen LogP contribution in [0.25, 0.3) is 0 Å². The molecule has 220 valence electrons. The lowest BCUT2D eigenvalue weighted by Crippen LogP contribution is -2.47. The predicted octanol–water partition coefficient (Wildman–Crippen LogP) is 6.02. The van der Waals surface area contributed by atoms with E-state index in [-0.39, 0.29) is 11.7 Å². The van der Waals surface area contributed by atoms with Crippen molar-refractivity contribution in [3.05, 3.63) is 48.0 Å². The highest BCUT2D eigenvalue weighted by atomic mass is 16.6. The van der Waals surface area contributed by atoms with Gasteiger partial charge in [0.15, 0.2) is 23.5 Å². The number of hydrogen-bond acceptors (Lipinski definition) is 7. The standard InChI is InChI=1S/C32H46N2O6/c1-4-6-19-34(20-7-5-2)24-32(40-27-17-18-29-30(23-27)39-22-21-38-29)33-31(36)12-10-8-9-11-28(35)25-13-15-26(37-3)16-14-25/h13-18,23,32H,4-12,19-22,24H2,1-3H3,(H,33,36)/t32-/m0/s1. The normalized spacial score (nSPS) is 13.1. The molecule has 40 heavy (non-hydrogen) atoms. The Balaban J connectivity index is 1.51. The van der Waals surface area contributed by atoms with Gasteiger partial charge in [0, 0.05) is 24.5 Å². The summed E-state index contributed by atoms with van der Waals surface area (Å²) in [7, 11) is 1.61. The number of rotatable bonds is 19. The van der Waals surface area contributed by atoms with Gasteiger partial charge in [0.25, 0.3) is 0 Å². The molecule has 3 rings (SSSR count). The number of nitrogens with zero attached hydrogens (tertiary/aromatic N) is 1. The summed E-state index contributed by atoms with van der Waals surface area (Å²) in [6.07, 6.45) is 7.07. The van der Waals surface area contributed by atoms with E-state index in [9.17, 15) is 9.59 Å². The first-order chi connectivity index (χ1) is 19.5. The molecule has 0 aliphatic carbocycles. The lowest BCUT2D eigenvalue weighted by Gasteiger charge is -2.29. The van der Waals surface area contributed by atoms with Crippen LogP contribution < -0.4 is 24.3 Å². The van der Waals surface area contributed by atoms with Gasteiger partial charge in [-0.3, -0.25) is 14.5 Å². The zero-order valence-electron chi connectivity index (χ0n) is 24.4. The van der Waals surface area contributed by atoms with E-state index >= 15 is 0 Å². The molecule has 0 unspecified atom stereocenters. The second-order valence-electron chi connectivity index (χ2n) is 10.2. The molecule has 0 radical (unpaired) electrons. The number of amides is 1. The molecule has 2 aromatic carbocycles. The van der Waals surface area contributed by atoms with Gasteiger partial charge in [0.05, 0.1) is 13.7 Å². The number of ketones is 1. The number of methoxy groups -OCH3 is 1. The molecule has 0 bridgehead atoms. The van der Waals surface area contributed by atoms with E-state index in [4.69, 9.17) is 18.9 Å². The molecule has 0 aromatic heterocycles. The van der Waals surface area contributed by atoms with Gasteiger partial charge >= 0.3 is 0 Å². The Morgan fingerprint density at radius 3 is 2.17 bits per heavy atom. The second kappa shape index (κ2) is 17.4. The number of benzene rings is 2. The van der Waals surface area contributed by atoms with Gasteiger partial charge in [-0.25, -0.2) is 0 Å². The maximum absolute atomic E-state index is 12.9. The van der Waals surface area contributed by atoms with Crippen LogP contribution in [0, 0.1) is 0 Å². The highest BCUT2D eigenvalue weighted by Crippen LogP contribution is 2.33. The van der Waals surface area contributed by atoms with Gasteiger partial charge in [0.1, 0.15) is 24.7 Å². The summed E-state index contributed by atoms with van der Waals surface area (Å²) in [6.45, 7) is 7.96. The lowest BCUT2D eigenvalue weighted by atomic mass is 10.0. The molecule has 1 amide bonds. The minimum absolute atomic E-state index is 0.0463. The van der Waals surface area contributed by atoms with Crippen LogP contribution in [-0.2, 0) is 4.79 Å². The van der Waals surface area contributed by atoms with Crippen LogP contribution >= 0.6 is 0 Å². The van der Waals surface area contributed by atoms with Crippen LogP contribution in [0.15, 0.2) is 42.5 Å². The van der Waals surface area contributed by atoms with Crippen molar-refractivity contribution in [2.24, 2.45) is 0 Å². The van der Waals surface area contributed by atoms with Gasteiger partial charge in [-0.2, -0.15) is 0 Å². The van der Waals surface area contributed by atoms with E-state index in [1.807, 2.05) is 18.2 Å². The van der Waals surface area contributed by atoms with Crippen molar-refractivity contribution in [1.82, 2.24) is 10.2 Å². The van der Waals surface area contributed by atoms with Crippen LogP contribution in [-0.4, -0.2) is 62.8 Å². The zero-order chi connectivity index (χ0) is 28.6. The molecule has 2 aromatic rings. The third kappa shape index (κ3) is 10.7. The lowest BCUT2D eigenvalue weighted by molar-refractivity contribution is -0.124. The fourth-order valence-corrected chi connectivity index (χ4v) is 4.59. The van der Waals surface area contributed by atoms with E-state index in [2.05, 4.69) is 24.1 Å². The van der Waals surface area contributed by atoms with E-state index < -0.39 is 6.23 Å².